The number of amides is 2. The highest BCUT2D eigenvalue weighted by molar-refractivity contribution is 6.32. The number of ether oxygens (including phenoxy) is 2. The smallest absolute Gasteiger partial charge is 0.229 e. The molecule has 6 nitrogen and oxygen atoms in total. The summed E-state index contributed by atoms with van der Waals surface area (Å²) in [6, 6.07) is 10.8. The van der Waals surface area contributed by atoms with Crippen LogP contribution in [-0.4, -0.2) is 32.6 Å². The first-order valence-corrected chi connectivity index (χ1v) is 8.90. The van der Waals surface area contributed by atoms with Gasteiger partial charge in [0.1, 0.15) is 11.5 Å². The molecule has 0 aromatic heterocycles. The third-order valence-electron chi connectivity index (χ3n) is 4.64. The molecule has 1 N–H and O–H groups in total. The molecule has 0 bridgehead atoms. The van der Waals surface area contributed by atoms with Crippen LogP contribution in [-0.2, 0) is 9.59 Å². The van der Waals surface area contributed by atoms with E-state index in [1.165, 1.54) is 19.1 Å². The van der Waals surface area contributed by atoms with E-state index in [9.17, 15) is 9.59 Å². The molecule has 1 atom stereocenters. The van der Waals surface area contributed by atoms with Gasteiger partial charge in [0.05, 0.1) is 30.8 Å². The summed E-state index contributed by atoms with van der Waals surface area (Å²) < 4.78 is 10.6. The Morgan fingerprint density at radius 3 is 2.56 bits per heavy atom. The molecule has 27 heavy (non-hydrogen) atoms. The topological polar surface area (TPSA) is 67.9 Å². The van der Waals surface area contributed by atoms with Crippen LogP contribution in [0, 0.1) is 12.8 Å². The Morgan fingerprint density at radius 1 is 1.19 bits per heavy atom. The lowest BCUT2D eigenvalue weighted by molar-refractivity contribution is -0.122. The minimum atomic E-state index is -0.456. The van der Waals surface area contributed by atoms with E-state index in [0.29, 0.717) is 22.2 Å². The summed E-state index contributed by atoms with van der Waals surface area (Å²) in [6.45, 7) is 2.18. The Bertz CT molecular complexity index is 884. The van der Waals surface area contributed by atoms with E-state index in [4.69, 9.17) is 21.1 Å². The number of methoxy groups -OCH3 is 2. The number of carbonyl (C=O) groups excluding carboxylic acids is 2. The van der Waals surface area contributed by atoms with Gasteiger partial charge in [-0.1, -0.05) is 29.8 Å². The first kappa shape index (κ1) is 19.0. The highest BCUT2D eigenvalue weighted by Crippen LogP contribution is 2.40. The number of hydrogen-bond donors (Lipinski definition) is 1. The molecular formula is C20H21ClN2O4. The molecule has 0 aliphatic carbocycles. The number of aryl methyl sites for hydroxylation is 1. The van der Waals surface area contributed by atoms with Crippen molar-refractivity contribution in [2.75, 3.05) is 31.0 Å². The second-order valence-corrected chi connectivity index (χ2v) is 6.78. The van der Waals surface area contributed by atoms with E-state index in [1.807, 2.05) is 31.2 Å². The highest BCUT2D eigenvalue weighted by atomic mass is 35.5. The number of carbonyl (C=O) groups is 2. The number of rotatable bonds is 5. The number of benzene rings is 2. The Kier molecular flexibility index (Phi) is 5.56. The van der Waals surface area contributed by atoms with E-state index >= 15 is 0 Å². The van der Waals surface area contributed by atoms with Gasteiger partial charge >= 0.3 is 0 Å². The first-order valence-electron chi connectivity index (χ1n) is 8.53. The quantitative estimate of drug-likeness (QED) is 0.848. The van der Waals surface area contributed by atoms with Gasteiger partial charge in [-0.2, -0.15) is 0 Å². The van der Waals surface area contributed by atoms with Crippen LogP contribution in [0.2, 0.25) is 5.02 Å². The lowest BCUT2D eigenvalue weighted by Crippen LogP contribution is -2.28. The van der Waals surface area contributed by atoms with Gasteiger partial charge in [-0.15, -0.1) is 0 Å². The fraction of sp³-hybridized carbons (Fsp3) is 0.300. The standard InChI is InChI=1S/C20H21ClN2O4/c1-12-6-4-5-7-15(12)22-20(25)13-8-19(24)23(11-13)16-9-14(21)17(26-2)10-18(16)27-3/h4-7,9-10,13H,8,11H2,1-3H3,(H,22,25)/t13-/m0/s1. The van der Waals surface area contributed by atoms with Gasteiger partial charge in [-0.25, -0.2) is 0 Å². The fourth-order valence-electron chi connectivity index (χ4n) is 3.12. The molecule has 0 radical (unpaired) electrons. The van der Waals surface area contributed by atoms with Gasteiger partial charge in [-0.05, 0) is 24.6 Å². The average Bonchev–Trinajstić information content (AvgIpc) is 3.05. The number of para-hydroxylation sites is 1. The molecule has 3 rings (SSSR count). The Balaban J connectivity index is 1.80. The van der Waals surface area contributed by atoms with E-state index in [-0.39, 0.29) is 24.8 Å². The number of halogens is 1. The van der Waals surface area contributed by atoms with Crippen LogP contribution in [0.4, 0.5) is 11.4 Å². The minimum absolute atomic E-state index is 0.129. The number of nitrogens with one attached hydrogen (secondary N) is 1. The van der Waals surface area contributed by atoms with Crippen molar-refractivity contribution >= 4 is 34.8 Å². The van der Waals surface area contributed by atoms with E-state index < -0.39 is 5.92 Å². The maximum atomic E-state index is 12.6. The van der Waals surface area contributed by atoms with E-state index in [2.05, 4.69) is 5.32 Å². The van der Waals surface area contributed by atoms with Crippen LogP contribution in [0.15, 0.2) is 36.4 Å². The summed E-state index contributed by atoms with van der Waals surface area (Å²) >= 11 is 6.21. The zero-order chi connectivity index (χ0) is 19.6. The molecule has 0 spiro atoms. The number of hydrogen-bond acceptors (Lipinski definition) is 4. The van der Waals surface area contributed by atoms with Gasteiger partial charge < -0.3 is 19.7 Å². The lowest BCUT2D eigenvalue weighted by atomic mass is 10.1. The molecule has 1 saturated heterocycles. The molecule has 0 unspecified atom stereocenters. The highest BCUT2D eigenvalue weighted by Gasteiger charge is 2.36. The third kappa shape index (κ3) is 3.85. The van der Waals surface area contributed by atoms with Crippen molar-refractivity contribution in [2.45, 2.75) is 13.3 Å². The molecule has 1 aliphatic heterocycles. The van der Waals surface area contributed by atoms with Gasteiger partial charge in [0.15, 0.2) is 0 Å². The first-order chi connectivity index (χ1) is 12.9. The van der Waals surface area contributed by atoms with Crippen LogP contribution < -0.4 is 19.7 Å². The van der Waals surface area contributed by atoms with Gasteiger partial charge in [0, 0.05) is 24.7 Å². The summed E-state index contributed by atoms with van der Waals surface area (Å²) in [7, 11) is 3.02. The van der Waals surface area contributed by atoms with Gasteiger partial charge in [0.25, 0.3) is 0 Å². The summed E-state index contributed by atoms with van der Waals surface area (Å²) in [4.78, 5) is 26.7. The van der Waals surface area contributed by atoms with Crippen molar-refractivity contribution in [3.63, 3.8) is 0 Å². The largest absolute Gasteiger partial charge is 0.495 e. The lowest BCUT2D eigenvalue weighted by Gasteiger charge is -2.21. The van der Waals surface area contributed by atoms with Crippen LogP contribution in [0.5, 0.6) is 11.5 Å². The van der Waals surface area contributed by atoms with E-state index in [0.717, 1.165) is 11.3 Å². The van der Waals surface area contributed by atoms with Crippen molar-refractivity contribution in [1.29, 1.82) is 0 Å². The van der Waals surface area contributed by atoms with Crippen LogP contribution in [0.25, 0.3) is 0 Å². The molecule has 1 aliphatic rings. The van der Waals surface area contributed by atoms with Crippen molar-refractivity contribution in [2.24, 2.45) is 5.92 Å². The number of nitrogens with zero attached hydrogens (tertiary/aromatic N) is 1. The third-order valence-corrected chi connectivity index (χ3v) is 4.94. The predicted octanol–water partition coefficient (Wildman–Crippen LogP) is 3.66. The van der Waals surface area contributed by atoms with Crippen molar-refractivity contribution in [3.05, 3.63) is 47.0 Å². The molecule has 2 amide bonds. The minimum Gasteiger partial charge on any atom is -0.495 e. The molecule has 7 heteroatoms. The van der Waals surface area contributed by atoms with Crippen LogP contribution in [0.3, 0.4) is 0 Å². The fourth-order valence-corrected chi connectivity index (χ4v) is 3.35. The molecule has 2 aromatic rings. The average molecular weight is 389 g/mol. The zero-order valence-electron chi connectivity index (χ0n) is 15.4. The van der Waals surface area contributed by atoms with Crippen molar-refractivity contribution < 1.29 is 19.1 Å². The molecule has 1 heterocycles. The maximum absolute atomic E-state index is 12.6. The Labute approximate surface area is 163 Å². The molecular weight excluding hydrogens is 368 g/mol. The summed E-state index contributed by atoms with van der Waals surface area (Å²) in [5.74, 6) is 0.128. The summed E-state index contributed by atoms with van der Waals surface area (Å²) in [5.41, 5.74) is 2.24. The monoisotopic (exact) mass is 388 g/mol. The second-order valence-electron chi connectivity index (χ2n) is 6.37. The SMILES string of the molecule is COc1cc(OC)c(N2C[C@@H](C(=O)Nc3ccccc3C)CC2=O)cc1Cl. The molecule has 2 aromatic carbocycles. The van der Waals surface area contributed by atoms with Gasteiger partial charge in [0.2, 0.25) is 11.8 Å². The van der Waals surface area contributed by atoms with Crippen LogP contribution >= 0.6 is 11.6 Å². The van der Waals surface area contributed by atoms with E-state index in [1.54, 1.807) is 12.1 Å². The van der Waals surface area contributed by atoms with Crippen LogP contribution in [0.1, 0.15) is 12.0 Å². The zero-order valence-corrected chi connectivity index (χ0v) is 16.2. The second kappa shape index (κ2) is 7.88. The molecule has 1 fully saturated rings. The summed E-state index contributed by atoms with van der Waals surface area (Å²) in [6.07, 6.45) is 0.129. The Hall–Kier alpha value is -2.73. The normalized spacial score (nSPS) is 16.4. The van der Waals surface area contributed by atoms with Gasteiger partial charge in [-0.3, -0.25) is 9.59 Å². The Morgan fingerprint density at radius 2 is 1.89 bits per heavy atom. The van der Waals surface area contributed by atoms with Crippen molar-refractivity contribution in [1.82, 2.24) is 0 Å². The summed E-state index contributed by atoms with van der Waals surface area (Å²) in [5, 5.41) is 3.28. The molecule has 0 saturated carbocycles. The number of anilines is 2. The molecule has 142 valence electrons. The van der Waals surface area contributed by atoms with Crippen molar-refractivity contribution in [3.8, 4) is 11.5 Å². The maximum Gasteiger partial charge on any atom is 0.229 e. The predicted molar refractivity (Wildman–Crippen MR) is 105 cm³/mol.